The van der Waals surface area contributed by atoms with E-state index in [2.05, 4.69) is 30.0 Å². The van der Waals surface area contributed by atoms with Crippen molar-refractivity contribution in [2.24, 2.45) is 17.8 Å². The zero-order chi connectivity index (χ0) is 17.6. The molecular formula is C22H40N2S. The molecule has 25 heavy (non-hydrogen) atoms. The highest BCUT2D eigenvalue weighted by atomic mass is 32.2. The number of nitrogens with one attached hydrogen (secondary N) is 1. The van der Waals surface area contributed by atoms with Gasteiger partial charge >= 0.3 is 0 Å². The summed E-state index contributed by atoms with van der Waals surface area (Å²) in [6, 6.07) is 1.59. The lowest BCUT2D eigenvalue weighted by atomic mass is 9.77. The Morgan fingerprint density at radius 1 is 0.920 bits per heavy atom. The van der Waals surface area contributed by atoms with Gasteiger partial charge in [0.15, 0.2) is 0 Å². The topological polar surface area (TPSA) is 15.3 Å². The summed E-state index contributed by atoms with van der Waals surface area (Å²) in [7, 11) is 0. The Kier molecular flexibility index (Phi) is 7.75. The first-order valence-electron chi connectivity index (χ1n) is 11.0. The monoisotopic (exact) mass is 364 g/mol. The van der Waals surface area contributed by atoms with Gasteiger partial charge in [-0.3, -0.25) is 4.72 Å². The summed E-state index contributed by atoms with van der Waals surface area (Å²) in [5.41, 5.74) is 0. The Morgan fingerprint density at radius 3 is 2.16 bits per heavy atom. The number of nitrogens with zero attached hydrogens (tertiary/aromatic N) is 1. The second-order valence-corrected chi connectivity index (χ2v) is 10.1. The Balaban J connectivity index is 1.32. The summed E-state index contributed by atoms with van der Waals surface area (Å²) in [5.74, 6) is 2.55. The molecule has 1 N–H and O–H groups in total. The maximum atomic E-state index is 4.41. The van der Waals surface area contributed by atoms with Crippen LogP contribution in [-0.2, 0) is 0 Å². The first-order valence-corrected chi connectivity index (χ1v) is 11.8. The van der Waals surface area contributed by atoms with Crippen molar-refractivity contribution in [1.29, 1.82) is 0 Å². The minimum Gasteiger partial charge on any atom is -0.300 e. The van der Waals surface area contributed by atoms with E-state index in [0.717, 1.165) is 23.8 Å². The quantitative estimate of drug-likeness (QED) is 0.582. The highest BCUT2D eigenvalue weighted by Gasteiger charge is 2.28. The maximum Gasteiger partial charge on any atom is 0.0199 e. The van der Waals surface area contributed by atoms with Crippen LogP contribution in [0.1, 0.15) is 84.5 Å². The summed E-state index contributed by atoms with van der Waals surface area (Å²) in [4.78, 5) is 4.18. The van der Waals surface area contributed by atoms with Crippen molar-refractivity contribution in [1.82, 2.24) is 9.62 Å². The number of piperidine rings is 1. The molecular weight excluding hydrogens is 324 g/mol. The fourth-order valence-electron chi connectivity index (χ4n) is 5.18. The first-order chi connectivity index (χ1) is 12.1. The van der Waals surface area contributed by atoms with E-state index >= 15 is 0 Å². The number of allylic oxidation sites excluding steroid dienone is 1. The van der Waals surface area contributed by atoms with Crippen LogP contribution in [0.3, 0.4) is 0 Å². The third kappa shape index (κ3) is 5.74. The Morgan fingerprint density at radius 2 is 1.56 bits per heavy atom. The predicted octanol–water partition coefficient (Wildman–Crippen LogP) is 6.00. The first kappa shape index (κ1) is 19.8. The fourth-order valence-corrected chi connectivity index (χ4v) is 6.13. The minimum atomic E-state index is 0.689. The van der Waals surface area contributed by atoms with Gasteiger partial charge < -0.3 is 4.90 Å². The summed E-state index contributed by atoms with van der Waals surface area (Å²) >= 11 is 1.87. The van der Waals surface area contributed by atoms with Gasteiger partial charge in [0.25, 0.3) is 0 Å². The van der Waals surface area contributed by atoms with Gasteiger partial charge in [-0.15, -0.1) is 0 Å². The Bertz CT molecular complexity index is 400. The number of hydrogen-bond donors (Lipinski definition) is 1. The van der Waals surface area contributed by atoms with Gasteiger partial charge in [-0.25, -0.2) is 0 Å². The predicted molar refractivity (Wildman–Crippen MR) is 112 cm³/mol. The molecule has 1 saturated heterocycles. The van der Waals surface area contributed by atoms with Gasteiger partial charge in [0.1, 0.15) is 0 Å². The molecule has 1 heterocycles. The summed E-state index contributed by atoms with van der Waals surface area (Å²) < 4.78 is 3.77. The minimum absolute atomic E-state index is 0.689. The molecule has 0 spiro atoms. The molecule has 2 nitrogen and oxygen atoms in total. The summed E-state index contributed by atoms with van der Waals surface area (Å²) in [5, 5.41) is 0. The van der Waals surface area contributed by atoms with Crippen molar-refractivity contribution in [2.45, 2.75) is 96.6 Å². The van der Waals surface area contributed by atoms with Crippen molar-refractivity contribution >= 4 is 11.9 Å². The van der Waals surface area contributed by atoms with E-state index < -0.39 is 0 Å². The van der Waals surface area contributed by atoms with Gasteiger partial charge in [-0.05, 0) is 99.1 Å². The lowest BCUT2D eigenvalue weighted by molar-refractivity contribution is 0.120. The van der Waals surface area contributed by atoms with Gasteiger partial charge in [-0.2, -0.15) is 0 Å². The number of hydrogen-bond acceptors (Lipinski definition) is 3. The van der Waals surface area contributed by atoms with E-state index in [4.69, 9.17) is 0 Å². The second-order valence-electron chi connectivity index (χ2n) is 9.14. The SMILES string of the molecule is C=C(SNC1CCN(C2CCCCC2)CC1)C1CCC(C(C)C)CC1. The largest absolute Gasteiger partial charge is 0.300 e. The molecule has 0 aromatic rings. The van der Waals surface area contributed by atoms with E-state index in [1.807, 2.05) is 11.9 Å². The molecule has 1 aliphatic heterocycles. The summed E-state index contributed by atoms with van der Waals surface area (Å²) in [6.07, 6.45) is 15.4. The Labute approximate surface area is 160 Å². The Hall–Kier alpha value is 0.01000. The van der Waals surface area contributed by atoms with Crippen LogP contribution in [0.4, 0.5) is 0 Å². The average molecular weight is 365 g/mol. The normalized spacial score (nSPS) is 30.7. The second kappa shape index (κ2) is 9.80. The molecule has 3 heteroatoms. The molecule has 2 aliphatic carbocycles. The van der Waals surface area contributed by atoms with E-state index in [-0.39, 0.29) is 0 Å². The van der Waals surface area contributed by atoms with Crippen molar-refractivity contribution in [3.63, 3.8) is 0 Å². The molecule has 0 amide bonds. The molecule has 0 bridgehead atoms. The lowest BCUT2D eigenvalue weighted by Gasteiger charge is -2.39. The van der Waals surface area contributed by atoms with Gasteiger partial charge in [0.2, 0.25) is 0 Å². The fraction of sp³-hybridized carbons (Fsp3) is 0.909. The van der Waals surface area contributed by atoms with E-state index in [1.54, 1.807) is 0 Å². The number of rotatable bonds is 6. The van der Waals surface area contributed by atoms with Gasteiger partial charge in [0.05, 0.1) is 0 Å². The van der Waals surface area contributed by atoms with Crippen LogP contribution >= 0.6 is 11.9 Å². The van der Waals surface area contributed by atoms with E-state index in [0.29, 0.717) is 6.04 Å². The zero-order valence-corrected chi connectivity index (χ0v) is 17.5. The molecule has 0 unspecified atom stereocenters. The zero-order valence-electron chi connectivity index (χ0n) is 16.6. The van der Waals surface area contributed by atoms with Gasteiger partial charge in [-0.1, -0.05) is 39.7 Å². The molecule has 0 radical (unpaired) electrons. The smallest absolute Gasteiger partial charge is 0.0199 e. The third-order valence-electron chi connectivity index (χ3n) is 7.15. The standard InChI is InChI=1S/C22H40N2S/c1-17(2)19-9-11-20(12-10-19)18(3)25-23-21-13-15-24(16-14-21)22-7-5-4-6-8-22/h17,19-23H,3-16H2,1-2H3. The molecule has 3 aliphatic rings. The van der Waals surface area contributed by atoms with E-state index in [1.165, 1.54) is 88.6 Å². The van der Waals surface area contributed by atoms with Crippen LogP contribution in [0.25, 0.3) is 0 Å². The van der Waals surface area contributed by atoms with E-state index in [9.17, 15) is 0 Å². The molecule has 3 rings (SSSR count). The molecule has 2 saturated carbocycles. The molecule has 3 fully saturated rings. The van der Waals surface area contributed by atoms with Crippen LogP contribution in [0.2, 0.25) is 0 Å². The molecule has 0 atom stereocenters. The van der Waals surface area contributed by atoms with Crippen LogP contribution in [0, 0.1) is 17.8 Å². The summed E-state index contributed by atoms with van der Waals surface area (Å²) in [6.45, 7) is 11.8. The van der Waals surface area contributed by atoms with Crippen LogP contribution in [0.15, 0.2) is 11.5 Å². The van der Waals surface area contributed by atoms with Crippen LogP contribution in [0.5, 0.6) is 0 Å². The van der Waals surface area contributed by atoms with Crippen LogP contribution < -0.4 is 4.72 Å². The van der Waals surface area contributed by atoms with Crippen molar-refractivity contribution in [3.05, 3.63) is 11.5 Å². The highest BCUT2D eigenvalue weighted by Crippen LogP contribution is 2.39. The highest BCUT2D eigenvalue weighted by molar-refractivity contribution is 8.01. The maximum absolute atomic E-state index is 4.41. The average Bonchev–Trinajstić information content (AvgIpc) is 2.67. The molecule has 0 aromatic heterocycles. The molecule has 0 aromatic carbocycles. The van der Waals surface area contributed by atoms with Gasteiger partial charge in [0, 0.05) is 12.1 Å². The lowest BCUT2D eigenvalue weighted by Crippen LogP contribution is -2.46. The number of likely N-dealkylation sites (tertiary alicyclic amines) is 1. The van der Waals surface area contributed by atoms with Crippen LogP contribution in [-0.4, -0.2) is 30.1 Å². The van der Waals surface area contributed by atoms with Crippen molar-refractivity contribution < 1.29 is 0 Å². The van der Waals surface area contributed by atoms with Crippen molar-refractivity contribution in [3.8, 4) is 0 Å². The van der Waals surface area contributed by atoms with Crippen molar-refractivity contribution in [2.75, 3.05) is 13.1 Å². The molecule has 144 valence electrons. The third-order valence-corrected chi connectivity index (χ3v) is 8.19.